The molecule has 0 radical (unpaired) electrons. The second-order valence-electron chi connectivity index (χ2n) is 6.86. The molecule has 1 aromatic rings. The Morgan fingerprint density at radius 2 is 2.04 bits per heavy atom. The highest BCUT2D eigenvalue weighted by Gasteiger charge is 2.30. The zero-order valence-electron chi connectivity index (χ0n) is 14.3. The number of hydrogen-bond donors (Lipinski definition) is 1. The van der Waals surface area contributed by atoms with Crippen molar-refractivity contribution in [1.29, 1.82) is 0 Å². The molecule has 126 valence electrons. The minimum Gasteiger partial charge on any atom is -0.352 e. The molecule has 1 aliphatic carbocycles. The van der Waals surface area contributed by atoms with Crippen LogP contribution in [0.2, 0.25) is 0 Å². The molecule has 3 rings (SSSR count). The van der Waals surface area contributed by atoms with E-state index >= 15 is 0 Å². The predicted molar refractivity (Wildman–Crippen MR) is 91.0 cm³/mol. The zero-order chi connectivity index (χ0) is 16.2. The predicted octanol–water partition coefficient (Wildman–Crippen LogP) is 2.88. The van der Waals surface area contributed by atoms with Crippen LogP contribution >= 0.6 is 0 Å². The Bertz CT molecular complexity index is 538. The van der Waals surface area contributed by atoms with Gasteiger partial charge in [-0.1, -0.05) is 31.2 Å². The molecule has 1 fully saturated rings. The van der Waals surface area contributed by atoms with Gasteiger partial charge in [0.2, 0.25) is 5.91 Å². The van der Waals surface area contributed by atoms with E-state index in [9.17, 15) is 4.79 Å². The molecule has 2 aliphatic rings. The number of hydroxylamine groups is 2. The van der Waals surface area contributed by atoms with Crippen molar-refractivity contribution in [2.24, 2.45) is 5.92 Å². The molecule has 1 N–H and O–H groups in total. The van der Waals surface area contributed by atoms with Gasteiger partial charge < -0.3 is 5.32 Å². The summed E-state index contributed by atoms with van der Waals surface area (Å²) in [5.74, 6) is 1.12. The minimum atomic E-state index is 0.213. The van der Waals surface area contributed by atoms with Gasteiger partial charge in [0, 0.05) is 31.5 Å². The average molecular weight is 316 g/mol. The Morgan fingerprint density at radius 1 is 1.30 bits per heavy atom. The number of rotatable bonds is 5. The van der Waals surface area contributed by atoms with Gasteiger partial charge >= 0.3 is 0 Å². The van der Waals surface area contributed by atoms with Crippen molar-refractivity contribution in [3.05, 3.63) is 35.4 Å². The molecular weight excluding hydrogens is 288 g/mol. The summed E-state index contributed by atoms with van der Waals surface area (Å²) in [7, 11) is 0. The maximum absolute atomic E-state index is 12.4. The third kappa shape index (κ3) is 3.93. The molecule has 0 bridgehead atoms. The third-order valence-corrected chi connectivity index (χ3v) is 5.29. The lowest BCUT2D eigenvalue weighted by Crippen LogP contribution is -2.40. The van der Waals surface area contributed by atoms with Gasteiger partial charge in [-0.25, -0.2) is 0 Å². The molecule has 0 aromatic heterocycles. The first-order valence-corrected chi connectivity index (χ1v) is 8.92. The maximum Gasteiger partial charge on any atom is 0.220 e. The van der Waals surface area contributed by atoms with Crippen molar-refractivity contribution < 1.29 is 9.63 Å². The Morgan fingerprint density at radius 3 is 2.74 bits per heavy atom. The van der Waals surface area contributed by atoms with Crippen LogP contribution in [0.5, 0.6) is 0 Å². The van der Waals surface area contributed by atoms with E-state index in [0.29, 0.717) is 18.3 Å². The van der Waals surface area contributed by atoms with Crippen LogP contribution in [0, 0.1) is 5.92 Å². The molecule has 0 unspecified atom stereocenters. The largest absolute Gasteiger partial charge is 0.352 e. The number of fused-ring (bicyclic) bond motifs is 1. The zero-order valence-corrected chi connectivity index (χ0v) is 14.3. The smallest absolute Gasteiger partial charge is 0.220 e. The fraction of sp³-hybridized carbons (Fsp3) is 0.632. The van der Waals surface area contributed by atoms with Crippen molar-refractivity contribution in [2.75, 3.05) is 19.7 Å². The number of carbonyl (C=O) groups excluding carboxylic acids is 1. The summed E-state index contributed by atoms with van der Waals surface area (Å²) in [6.45, 7) is 6.84. The number of nitrogens with one attached hydrogen (secondary N) is 1. The quantitative estimate of drug-likeness (QED) is 0.908. The van der Waals surface area contributed by atoms with E-state index < -0.39 is 0 Å². The molecule has 0 spiro atoms. The number of amides is 1. The van der Waals surface area contributed by atoms with Gasteiger partial charge in [-0.15, -0.1) is 0 Å². The lowest BCUT2D eigenvalue weighted by Gasteiger charge is -2.30. The van der Waals surface area contributed by atoms with E-state index in [-0.39, 0.29) is 11.9 Å². The van der Waals surface area contributed by atoms with Crippen LogP contribution in [0.3, 0.4) is 0 Å². The molecule has 1 aromatic carbocycles. The summed E-state index contributed by atoms with van der Waals surface area (Å²) in [6, 6.07) is 8.80. The van der Waals surface area contributed by atoms with E-state index in [2.05, 4.69) is 36.5 Å². The van der Waals surface area contributed by atoms with Crippen LogP contribution in [0.4, 0.5) is 0 Å². The van der Waals surface area contributed by atoms with Gasteiger partial charge in [-0.2, -0.15) is 5.06 Å². The fourth-order valence-corrected chi connectivity index (χ4v) is 3.92. The number of hydrogen-bond acceptors (Lipinski definition) is 3. The van der Waals surface area contributed by atoms with E-state index in [1.54, 1.807) is 0 Å². The Hall–Kier alpha value is -1.39. The first kappa shape index (κ1) is 16.5. The van der Waals surface area contributed by atoms with E-state index in [1.807, 2.05) is 12.0 Å². The van der Waals surface area contributed by atoms with Crippen LogP contribution in [0.1, 0.15) is 50.2 Å². The number of piperidine rings is 1. The monoisotopic (exact) mass is 316 g/mol. The van der Waals surface area contributed by atoms with Crippen molar-refractivity contribution in [2.45, 2.75) is 51.5 Å². The molecule has 4 heteroatoms. The summed E-state index contributed by atoms with van der Waals surface area (Å²) >= 11 is 0. The van der Waals surface area contributed by atoms with E-state index in [1.165, 1.54) is 11.1 Å². The summed E-state index contributed by atoms with van der Waals surface area (Å²) in [4.78, 5) is 17.9. The average Bonchev–Trinajstić information content (AvgIpc) is 2.86. The van der Waals surface area contributed by atoms with Gasteiger partial charge in [-0.3, -0.25) is 9.63 Å². The number of carbonyl (C=O) groups is 1. The molecular formula is C19H28N2O2. The molecule has 1 saturated heterocycles. The standard InChI is InChI=1S/C19H28N2O2/c1-3-23-21-10-8-15(9-11-21)12-19(22)20-18-13-16-6-4-5-7-17(16)14(18)2/h4-7,14-15,18H,3,8-13H2,1-2H3,(H,20,22)/t14-,18+/m0/s1. The molecule has 1 heterocycles. The summed E-state index contributed by atoms with van der Waals surface area (Å²) in [5.41, 5.74) is 2.78. The fourth-order valence-electron chi connectivity index (χ4n) is 3.92. The van der Waals surface area contributed by atoms with Crippen LogP contribution in [0.15, 0.2) is 24.3 Å². The van der Waals surface area contributed by atoms with Crippen LogP contribution < -0.4 is 5.32 Å². The number of nitrogens with zero attached hydrogens (tertiary/aromatic N) is 1. The first-order valence-electron chi connectivity index (χ1n) is 8.92. The summed E-state index contributed by atoms with van der Waals surface area (Å²) in [6.07, 6.45) is 3.72. The first-order chi connectivity index (χ1) is 11.2. The van der Waals surface area contributed by atoms with Gasteiger partial charge in [0.25, 0.3) is 0 Å². The molecule has 23 heavy (non-hydrogen) atoms. The maximum atomic E-state index is 12.4. The summed E-state index contributed by atoms with van der Waals surface area (Å²) < 4.78 is 0. The Balaban J connectivity index is 1.46. The van der Waals surface area contributed by atoms with Crippen LogP contribution in [-0.2, 0) is 16.1 Å². The molecule has 1 aliphatic heterocycles. The van der Waals surface area contributed by atoms with E-state index in [4.69, 9.17) is 4.84 Å². The van der Waals surface area contributed by atoms with Gasteiger partial charge in [-0.05, 0) is 43.2 Å². The highest BCUT2D eigenvalue weighted by Crippen LogP contribution is 2.33. The summed E-state index contributed by atoms with van der Waals surface area (Å²) in [5, 5.41) is 5.31. The van der Waals surface area contributed by atoms with Crippen molar-refractivity contribution in [3.63, 3.8) is 0 Å². The van der Waals surface area contributed by atoms with Crippen LogP contribution in [0.25, 0.3) is 0 Å². The second kappa shape index (κ2) is 7.45. The van der Waals surface area contributed by atoms with Crippen molar-refractivity contribution in [3.8, 4) is 0 Å². The minimum absolute atomic E-state index is 0.213. The second-order valence-corrected chi connectivity index (χ2v) is 6.86. The molecule has 2 atom stereocenters. The molecule has 1 amide bonds. The molecule has 4 nitrogen and oxygen atoms in total. The lowest BCUT2D eigenvalue weighted by molar-refractivity contribution is -0.170. The SMILES string of the molecule is CCON1CCC(CC(=O)N[C@@H]2Cc3ccccc3[C@@H]2C)CC1. The normalized spacial score (nSPS) is 25.3. The van der Waals surface area contributed by atoms with Crippen molar-refractivity contribution in [1.82, 2.24) is 10.4 Å². The topological polar surface area (TPSA) is 41.6 Å². The number of benzene rings is 1. The Labute approximate surface area is 139 Å². The van der Waals surface area contributed by atoms with Gasteiger partial charge in [0.1, 0.15) is 0 Å². The van der Waals surface area contributed by atoms with Gasteiger partial charge in [0.15, 0.2) is 0 Å². The third-order valence-electron chi connectivity index (χ3n) is 5.29. The molecule has 0 saturated carbocycles. The highest BCUT2D eigenvalue weighted by atomic mass is 16.7. The van der Waals surface area contributed by atoms with Gasteiger partial charge in [0.05, 0.1) is 6.61 Å². The van der Waals surface area contributed by atoms with Crippen LogP contribution in [-0.4, -0.2) is 36.7 Å². The van der Waals surface area contributed by atoms with E-state index in [0.717, 1.165) is 39.0 Å². The lowest BCUT2D eigenvalue weighted by atomic mass is 9.93. The Kier molecular flexibility index (Phi) is 5.34. The van der Waals surface area contributed by atoms with Crippen molar-refractivity contribution >= 4 is 5.91 Å². The highest BCUT2D eigenvalue weighted by molar-refractivity contribution is 5.77.